The minimum Gasteiger partial charge on any atom is -0.496 e. The van der Waals surface area contributed by atoms with Crippen LogP contribution in [0.2, 0.25) is 0 Å². The average molecular weight is 464 g/mol. The third kappa shape index (κ3) is 4.83. The Balaban J connectivity index is 1.64. The van der Waals surface area contributed by atoms with Gasteiger partial charge in [-0.25, -0.2) is 4.98 Å². The van der Waals surface area contributed by atoms with E-state index >= 15 is 0 Å². The molecule has 1 amide bonds. The molecule has 0 radical (unpaired) electrons. The number of carbonyl (C=O) groups excluding carboxylic acids is 2. The van der Waals surface area contributed by atoms with Gasteiger partial charge in [0.1, 0.15) is 5.75 Å². The van der Waals surface area contributed by atoms with E-state index in [4.69, 9.17) is 9.72 Å². The van der Waals surface area contributed by atoms with E-state index < -0.39 is 0 Å². The van der Waals surface area contributed by atoms with Gasteiger partial charge in [0, 0.05) is 17.4 Å². The van der Waals surface area contributed by atoms with Crippen molar-refractivity contribution in [3.05, 3.63) is 71.5 Å². The number of para-hydroxylation sites is 2. The van der Waals surface area contributed by atoms with Crippen molar-refractivity contribution >= 4 is 29.3 Å². The molecule has 1 heterocycles. The molecule has 0 bridgehead atoms. The van der Waals surface area contributed by atoms with Gasteiger partial charge in [-0.2, -0.15) is 0 Å². The van der Waals surface area contributed by atoms with Crippen molar-refractivity contribution in [3.8, 4) is 5.75 Å². The molecule has 0 saturated carbocycles. The Morgan fingerprint density at radius 3 is 2.48 bits per heavy atom. The minimum atomic E-state index is -0.165. The molecule has 3 aromatic rings. The highest BCUT2D eigenvalue weighted by molar-refractivity contribution is 7.99. The molecule has 0 fully saturated rings. The number of hydrogen-bond donors (Lipinski definition) is 0. The normalized spacial score (nSPS) is 13.0. The van der Waals surface area contributed by atoms with Gasteiger partial charge in [0.25, 0.3) is 5.91 Å². The van der Waals surface area contributed by atoms with Crippen LogP contribution in [0.15, 0.2) is 59.8 Å². The van der Waals surface area contributed by atoms with E-state index in [9.17, 15) is 9.59 Å². The lowest BCUT2D eigenvalue weighted by Crippen LogP contribution is -2.38. The first-order valence-electron chi connectivity index (χ1n) is 11.3. The van der Waals surface area contributed by atoms with Gasteiger partial charge in [-0.15, -0.1) is 0 Å². The number of methoxy groups -OCH3 is 1. The molecule has 0 N–H and O–H groups in total. The molecule has 1 aliphatic rings. The van der Waals surface area contributed by atoms with Crippen LogP contribution in [0.1, 0.15) is 48.4 Å². The van der Waals surface area contributed by atoms with Gasteiger partial charge >= 0.3 is 0 Å². The second-order valence-electron chi connectivity index (χ2n) is 8.32. The highest BCUT2D eigenvalue weighted by Gasteiger charge is 2.28. The monoisotopic (exact) mass is 463 g/mol. The number of ether oxygens (including phenoxy) is 1. The number of nitrogens with zero attached hydrogens (tertiary/aromatic N) is 3. The van der Waals surface area contributed by atoms with Gasteiger partial charge in [0.2, 0.25) is 5.91 Å². The summed E-state index contributed by atoms with van der Waals surface area (Å²) in [6, 6.07) is 16.9. The highest BCUT2D eigenvalue weighted by atomic mass is 32.2. The smallest absolute Gasteiger partial charge is 0.267 e. The number of aromatic nitrogens is 2. The lowest BCUT2D eigenvalue weighted by atomic mass is 10.0. The largest absolute Gasteiger partial charge is 0.496 e. The maximum atomic E-state index is 13.6. The highest BCUT2D eigenvalue weighted by Crippen LogP contribution is 2.31. The topological polar surface area (TPSA) is 64.4 Å². The standard InChI is InChI=1S/C26H29N3O3S/c1-18(2)28(19-11-5-4-6-12-19)24(30)17-33-26-27-21-14-8-9-15-22(21)29(26)25(31)20-13-7-10-16-23(20)32-3/h4-7,10-13,16,18H,8-9,14-15,17H2,1-3H3. The van der Waals surface area contributed by atoms with Crippen LogP contribution in [0, 0.1) is 0 Å². The molecule has 6 nitrogen and oxygen atoms in total. The molecule has 0 atom stereocenters. The van der Waals surface area contributed by atoms with E-state index in [1.165, 1.54) is 11.8 Å². The van der Waals surface area contributed by atoms with Crippen LogP contribution in [0.5, 0.6) is 5.75 Å². The third-order valence-corrected chi connectivity index (χ3v) is 6.71. The summed E-state index contributed by atoms with van der Waals surface area (Å²) in [6.45, 7) is 4.00. The van der Waals surface area contributed by atoms with E-state index in [0.717, 1.165) is 42.8 Å². The molecule has 1 aliphatic carbocycles. The number of carbonyl (C=O) groups is 2. The lowest BCUT2D eigenvalue weighted by molar-refractivity contribution is -0.116. The van der Waals surface area contributed by atoms with E-state index in [2.05, 4.69) is 0 Å². The number of imidazole rings is 1. The van der Waals surface area contributed by atoms with Gasteiger partial charge in [0.15, 0.2) is 5.16 Å². The summed E-state index contributed by atoms with van der Waals surface area (Å²) in [5.74, 6) is 0.547. The van der Waals surface area contributed by atoms with Gasteiger partial charge in [-0.05, 0) is 63.8 Å². The number of rotatable bonds is 7. The molecular formula is C26H29N3O3S. The fraction of sp³-hybridized carbons (Fsp3) is 0.346. The Bertz CT molecular complexity index is 1140. The molecule has 7 heteroatoms. The van der Waals surface area contributed by atoms with Crippen molar-refractivity contribution in [3.63, 3.8) is 0 Å². The van der Waals surface area contributed by atoms with Crippen LogP contribution in [0.25, 0.3) is 0 Å². The van der Waals surface area contributed by atoms with Crippen LogP contribution >= 0.6 is 11.8 Å². The number of hydrogen-bond acceptors (Lipinski definition) is 5. The van der Waals surface area contributed by atoms with E-state index in [1.54, 1.807) is 28.7 Å². The average Bonchev–Trinajstić information content (AvgIpc) is 3.21. The summed E-state index contributed by atoms with van der Waals surface area (Å²) in [6.07, 6.45) is 3.74. The zero-order chi connectivity index (χ0) is 23.4. The summed E-state index contributed by atoms with van der Waals surface area (Å²) in [5.41, 5.74) is 3.27. The number of amides is 1. The summed E-state index contributed by atoms with van der Waals surface area (Å²) < 4.78 is 7.13. The number of aryl methyl sites for hydroxylation is 1. The van der Waals surface area contributed by atoms with Crippen molar-refractivity contribution < 1.29 is 14.3 Å². The minimum absolute atomic E-state index is 0.0153. The summed E-state index contributed by atoms with van der Waals surface area (Å²) in [7, 11) is 1.56. The van der Waals surface area contributed by atoms with Crippen molar-refractivity contribution in [1.29, 1.82) is 0 Å². The van der Waals surface area contributed by atoms with Crippen molar-refractivity contribution in [2.45, 2.75) is 50.7 Å². The van der Waals surface area contributed by atoms with Gasteiger partial charge in [-0.3, -0.25) is 14.2 Å². The van der Waals surface area contributed by atoms with Gasteiger partial charge in [0.05, 0.1) is 24.1 Å². The fourth-order valence-corrected chi connectivity index (χ4v) is 5.17. The van der Waals surface area contributed by atoms with Crippen LogP contribution in [0.4, 0.5) is 5.69 Å². The van der Waals surface area contributed by atoms with Crippen LogP contribution in [0.3, 0.4) is 0 Å². The molecular weight excluding hydrogens is 434 g/mol. The van der Waals surface area contributed by atoms with Crippen molar-refractivity contribution in [2.24, 2.45) is 0 Å². The predicted octanol–water partition coefficient (Wildman–Crippen LogP) is 4.99. The Labute approximate surface area is 199 Å². The summed E-state index contributed by atoms with van der Waals surface area (Å²) in [4.78, 5) is 33.4. The Hall–Kier alpha value is -3.06. The zero-order valence-corrected chi connectivity index (χ0v) is 20.1. The molecule has 4 rings (SSSR count). The Kier molecular flexibility index (Phi) is 7.18. The molecule has 33 heavy (non-hydrogen) atoms. The van der Waals surface area contributed by atoms with Crippen LogP contribution < -0.4 is 9.64 Å². The van der Waals surface area contributed by atoms with Crippen LogP contribution in [-0.4, -0.2) is 40.3 Å². The first-order chi connectivity index (χ1) is 16.0. The molecule has 0 unspecified atom stereocenters. The molecule has 2 aromatic carbocycles. The number of fused-ring (bicyclic) bond motifs is 1. The molecule has 0 aliphatic heterocycles. The summed E-state index contributed by atoms with van der Waals surface area (Å²) in [5, 5.41) is 0.572. The summed E-state index contributed by atoms with van der Waals surface area (Å²) >= 11 is 1.32. The quantitative estimate of drug-likeness (QED) is 0.462. The van der Waals surface area contributed by atoms with Gasteiger partial charge < -0.3 is 9.64 Å². The Morgan fingerprint density at radius 2 is 1.76 bits per heavy atom. The second-order valence-corrected chi connectivity index (χ2v) is 9.26. The van der Waals surface area contributed by atoms with E-state index in [0.29, 0.717) is 16.5 Å². The first kappa shape index (κ1) is 23.1. The van der Waals surface area contributed by atoms with E-state index in [-0.39, 0.29) is 23.6 Å². The third-order valence-electron chi connectivity index (χ3n) is 5.79. The SMILES string of the molecule is COc1ccccc1C(=O)n1c(SCC(=O)N(c2ccccc2)C(C)C)nc2c1CCCC2. The second kappa shape index (κ2) is 10.3. The van der Waals surface area contributed by atoms with Gasteiger partial charge in [-0.1, -0.05) is 42.1 Å². The number of benzene rings is 2. The number of thioether (sulfide) groups is 1. The van der Waals surface area contributed by atoms with Crippen molar-refractivity contribution in [2.75, 3.05) is 17.8 Å². The maximum Gasteiger partial charge on any atom is 0.267 e. The van der Waals surface area contributed by atoms with Crippen LogP contribution in [-0.2, 0) is 17.6 Å². The Morgan fingerprint density at radius 1 is 1.06 bits per heavy atom. The number of anilines is 1. The lowest BCUT2D eigenvalue weighted by Gasteiger charge is -2.26. The fourth-order valence-electron chi connectivity index (χ4n) is 4.28. The zero-order valence-electron chi connectivity index (χ0n) is 19.3. The molecule has 1 aromatic heterocycles. The predicted molar refractivity (Wildman–Crippen MR) is 131 cm³/mol. The molecule has 172 valence electrons. The molecule has 0 saturated heterocycles. The van der Waals surface area contributed by atoms with E-state index in [1.807, 2.05) is 56.3 Å². The molecule has 0 spiro atoms. The maximum absolute atomic E-state index is 13.6. The first-order valence-corrected chi connectivity index (χ1v) is 12.3. The van der Waals surface area contributed by atoms with Crippen molar-refractivity contribution in [1.82, 2.24) is 9.55 Å².